The molecular formula is C8H9Cl2N3S. The van der Waals surface area contributed by atoms with Gasteiger partial charge in [-0.05, 0) is 30.4 Å². The summed E-state index contributed by atoms with van der Waals surface area (Å²) in [5.41, 5.74) is 6.31. The summed E-state index contributed by atoms with van der Waals surface area (Å²) in [5, 5.41) is 4.36. The number of hydrogen-bond acceptors (Lipinski definition) is 2. The van der Waals surface area contributed by atoms with Gasteiger partial charge in [-0.1, -0.05) is 23.2 Å². The Labute approximate surface area is 97.7 Å². The maximum Gasteiger partial charge on any atom is 0.184 e. The van der Waals surface area contributed by atoms with E-state index in [1.165, 1.54) is 0 Å². The van der Waals surface area contributed by atoms with Gasteiger partial charge in [-0.2, -0.15) is 0 Å². The van der Waals surface area contributed by atoms with Gasteiger partial charge in [0.2, 0.25) is 0 Å². The zero-order valence-electron chi connectivity index (χ0n) is 7.40. The van der Waals surface area contributed by atoms with Crippen LogP contribution in [-0.4, -0.2) is 12.2 Å². The van der Waals surface area contributed by atoms with E-state index in [0.29, 0.717) is 20.8 Å². The second-order valence-electron chi connectivity index (χ2n) is 2.45. The molecule has 0 spiro atoms. The van der Waals surface area contributed by atoms with Gasteiger partial charge in [-0.25, -0.2) is 0 Å². The molecule has 0 unspecified atom stereocenters. The third kappa shape index (κ3) is 3.21. The number of thiocarbonyl (C=S) groups is 1. The van der Waals surface area contributed by atoms with Crippen molar-refractivity contribution in [2.45, 2.75) is 0 Å². The summed E-state index contributed by atoms with van der Waals surface area (Å²) in [7, 11) is 1.72. The van der Waals surface area contributed by atoms with Gasteiger partial charge in [0, 0.05) is 12.1 Å². The molecule has 3 N–H and O–H groups in total. The molecule has 0 saturated heterocycles. The van der Waals surface area contributed by atoms with Gasteiger partial charge in [0.15, 0.2) is 5.11 Å². The maximum absolute atomic E-state index is 5.91. The van der Waals surface area contributed by atoms with Crippen LogP contribution in [0.25, 0.3) is 0 Å². The molecule has 0 aromatic heterocycles. The second kappa shape index (κ2) is 5.24. The van der Waals surface area contributed by atoms with Crippen LogP contribution in [0.2, 0.25) is 10.0 Å². The zero-order chi connectivity index (χ0) is 10.6. The summed E-state index contributed by atoms with van der Waals surface area (Å²) in [6.45, 7) is 0. The van der Waals surface area contributed by atoms with E-state index in [4.69, 9.17) is 35.4 Å². The molecule has 0 aliphatic rings. The van der Waals surface area contributed by atoms with Crippen LogP contribution in [0.15, 0.2) is 18.2 Å². The average molecular weight is 250 g/mol. The van der Waals surface area contributed by atoms with Gasteiger partial charge in [0.25, 0.3) is 0 Å². The Morgan fingerprint density at radius 3 is 2.64 bits per heavy atom. The second-order valence-corrected chi connectivity index (χ2v) is 3.71. The SMILES string of the molecule is CNC(=S)NNc1ccc(Cl)cc1Cl. The van der Waals surface area contributed by atoms with Gasteiger partial charge in [0.1, 0.15) is 0 Å². The van der Waals surface area contributed by atoms with Crippen LogP contribution in [-0.2, 0) is 0 Å². The molecule has 0 bridgehead atoms. The lowest BCUT2D eigenvalue weighted by molar-refractivity contribution is 1.04. The summed E-state index contributed by atoms with van der Waals surface area (Å²) in [6, 6.07) is 5.14. The van der Waals surface area contributed by atoms with Gasteiger partial charge < -0.3 is 5.32 Å². The summed E-state index contributed by atoms with van der Waals surface area (Å²) in [5.74, 6) is 0. The van der Waals surface area contributed by atoms with Gasteiger partial charge in [-0.3, -0.25) is 10.9 Å². The Balaban J connectivity index is 2.63. The Kier molecular flexibility index (Phi) is 4.25. The smallest absolute Gasteiger partial charge is 0.184 e. The number of halogens is 2. The quantitative estimate of drug-likeness (QED) is 0.556. The van der Waals surface area contributed by atoms with Crippen LogP contribution in [0.5, 0.6) is 0 Å². The Morgan fingerprint density at radius 2 is 2.07 bits per heavy atom. The standard InChI is InChI=1S/C8H9Cl2N3S/c1-11-8(14)13-12-7-3-2-5(9)4-6(7)10/h2-4,12H,1H3,(H2,11,13,14). The fraction of sp³-hybridized carbons (Fsp3) is 0.125. The summed E-state index contributed by atoms with van der Waals surface area (Å²) < 4.78 is 0. The lowest BCUT2D eigenvalue weighted by Gasteiger charge is -2.11. The highest BCUT2D eigenvalue weighted by Crippen LogP contribution is 2.24. The average Bonchev–Trinajstić information content (AvgIpc) is 2.16. The predicted molar refractivity (Wildman–Crippen MR) is 64.9 cm³/mol. The third-order valence-electron chi connectivity index (χ3n) is 1.47. The van der Waals surface area contributed by atoms with Gasteiger partial charge >= 0.3 is 0 Å². The molecule has 3 nitrogen and oxygen atoms in total. The lowest BCUT2D eigenvalue weighted by atomic mass is 10.3. The summed E-state index contributed by atoms with van der Waals surface area (Å²) >= 11 is 16.5. The first-order valence-electron chi connectivity index (χ1n) is 3.82. The minimum atomic E-state index is 0.482. The summed E-state index contributed by atoms with van der Waals surface area (Å²) in [4.78, 5) is 0. The Hall–Kier alpha value is -0.710. The van der Waals surface area contributed by atoms with Crippen LogP contribution < -0.4 is 16.2 Å². The van der Waals surface area contributed by atoms with Crippen molar-refractivity contribution in [1.82, 2.24) is 10.7 Å². The third-order valence-corrected chi connectivity index (χ3v) is 2.32. The highest BCUT2D eigenvalue weighted by atomic mass is 35.5. The highest BCUT2D eigenvalue weighted by Gasteiger charge is 2.00. The molecule has 0 heterocycles. The van der Waals surface area contributed by atoms with E-state index in [0.717, 1.165) is 0 Å². The number of hydrazine groups is 1. The van der Waals surface area contributed by atoms with Crippen molar-refractivity contribution in [2.24, 2.45) is 0 Å². The topological polar surface area (TPSA) is 36.1 Å². The molecule has 0 atom stereocenters. The zero-order valence-corrected chi connectivity index (χ0v) is 9.72. The first kappa shape index (κ1) is 11.4. The van der Waals surface area contributed by atoms with Crippen molar-refractivity contribution in [1.29, 1.82) is 0 Å². The molecule has 76 valence electrons. The Bertz CT molecular complexity index is 343. The van der Waals surface area contributed by atoms with Gasteiger partial charge in [0.05, 0.1) is 10.7 Å². The maximum atomic E-state index is 5.91. The van der Waals surface area contributed by atoms with E-state index in [1.54, 1.807) is 25.2 Å². The highest BCUT2D eigenvalue weighted by molar-refractivity contribution is 7.80. The minimum absolute atomic E-state index is 0.482. The monoisotopic (exact) mass is 249 g/mol. The van der Waals surface area contributed by atoms with Crippen molar-refractivity contribution in [2.75, 3.05) is 12.5 Å². The van der Waals surface area contributed by atoms with Crippen molar-refractivity contribution in [3.8, 4) is 0 Å². The normalized spacial score (nSPS) is 9.36. The fourth-order valence-electron chi connectivity index (χ4n) is 0.777. The van der Waals surface area contributed by atoms with Crippen LogP contribution in [0.4, 0.5) is 5.69 Å². The van der Waals surface area contributed by atoms with Crippen LogP contribution in [0.3, 0.4) is 0 Å². The van der Waals surface area contributed by atoms with Crippen molar-refractivity contribution >= 4 is 46.2 Å². The first-order chi connectivity index (χ1) is 6.63. The van der Waals surface area contributed by atoms with Crippen LogP contribution in [0.1, 0.15) is 0 Å². The molecule has 0 fully saturated rings. The number of hydrogen-bond donors (Lipinski definition) is 3. The largest absolute Gasteiger partial charge is 0.364 e. The van der Waals surface area contributed by atoms with E-state index in [1.807, 2.05) is 0 Å². The van der Waals surface area contributed by atoms with Crippen molar-refractivity contribution < 1.29 is 0 Å². The number of anilines is 1. The van der Waals surface area contributed by atoms with E-state index < -0.39 is 0 Å². The van der Waals surface area contributed by atoms with E-state index >= 15 is 0 Å². The molecule has 0 aliphatic heterocycles. The van der Waals surface area contributed by atoms with E-state index in [9.17, 15) is 0 Å². The number of nitrogens with one attached hydrogen (secondary N) is 3. The summed E-state index contributed by atoms with van der Waals surface area (Å²) in [6.07, 6.45) is 0. The van der Waals surface area contributed by atoms with Crippen molar-refractivity contribution in [3.63, 3.8) is 0 Å². The fourth-order valence-corrected chi connectivity index (χ4v) is 1.28. The molecular weight excluding hydrogens is 241 g/mol. The molecule has 1 aromatic carbocycles. The van der Waals surface area contributed by atoms with E-state index in [2.05, 4.69) is 16.2 Å². The predicted octanol–water partition coefficient (Wildman–Crippen LogP) is 2.41. The van der Waals surface area contributed by atoms with Crippen LogP contribution >= 0.6 is 35.4 Å². The minimum Gasteiger partial charge on any atom is -0.364 e. The number of rotatable bonds is 2. The molecule has 1 aromatic rings. The molecule has 0 saturated carbocycles. The molecule has 6 heteroatoms. The van der Waals surface area contributed by atoms with E-state index in [-0.39, 0.29) is 0 Å². The molecule has 0 radical (unpaired) electrons. The molecule has 0 amide bonds. The Morgan fingerprint density at radius 1 is 1.36 bits per heavy atom. The van der Waals surface area contributed by atoms with Gasteiger partial charge in [-0.15, -0.1) is 0 Å². The first-order valence-corrected chi connectivity index (χ1v) is 4.98. The molecule has 14 heavy (non-hydrogen) atoms. The van der Waals surface area contributed by atoms with Crippen molar-refractivity contribution in [3.05, 3.63) is 28.2 Å². The number of benzene rings is 1. The lowest BCUT2D eigenvalue weighted by Crippen LogP contribution is -2.36. The molecule has 1 rings (SSSR count). The van der Waals surface area contributed by atoms with Crippen LogP contribution in [0, 0.1) is 0 Å². The molecule has 0 aliphatic carbocycles.